The Morgan fingerprint density at radius 2 is 1.68 bits per heavy atom. The molecule has 1 atom stereocenters. The van der Waals surface area contributed by atoms with Crippen molar-refractivity contribution in [3.8, 4) is 5.75 Å². The maximum Gasteiger partial charge on any atom is 0.573 e. The van der Waals surface area contributed by atoms with Crippen LogP contribution in [-0.2, 0) is 4.79 Å². The summed E-state index contributed by atoms with van der Waals surface area (Å²) in [6.45, 7) is 4.36. The number of aliphatic hydroxyl groups excluding tert-OH is 1. The highest BCUT2D eigenvalue weighted by Gasteiger charge is 2.31. The molecule has 31 heavy (non-hydrogen) atoms. The summed E-state index contributed by atoms with van der Waals surface area (Å²) in [5.74, 6) is -0.416. The summed E-state index contributed by atoms with van der Waals surface area (Å²) in [4.78, 5) is 16.5. The number of rotatable bonds is 7. The van der Waals surface area contributed by atoms with E-state index in [1.165, 1.54) is 12.1 Å². The molecule has 0 spiro atoms. The monoisotopic (exact) mass is 437 g/mol. The van der Waals surface area contributed by atoms with Gasteiger partial charge in [-0.25, -0.2) is 0 Å². The number of carbonyl (C=O) groups excluding carboxylic acids is 1. The molecule has 2 N–H and O–H groups in total. The summed E-state index contributed by atoms with van der Waals surface area (Å²) in [6.07, 6.45) is -4.54. The number of halogens is 3. The smallest absolute Gasteiger partial charge is 0.406 e. The molecule has 0 bridgehead atoms. The van der Waals surface area contributed by atoms with Gasteiger partial charge in [0, 0.05) is 50.0 Å². The third kappa shape index (κ3) is 6.86. The van der Waals surface area contributed by atoms with Crippen LogP contribution in [0.4, 0.5) is 24.5 Å². The van der Waals surface area contributed by atoms with Crippen molar-refractivity contribution in [3.63, 3.8) is 0 Å². The number of hydrogen-bond donors (Lipinski definition) is 2. The first-order chi connectivity index (χ1) is 14.7. The number of benzene rings is 2. The first kappa shape index (κ1) is 22.9. The Morgan fingerprint density at radius 1 is 1.06 bits per heavy atom. The van der Waals surface area contributed by atoms with E-state index < -0.39 is 6.36 Å². The molecule has 1 unspecified atom stereocenters. The van der Waals surface area contributed by atoms with Crippen LogP contribution in [0, 0.1) is 6.92 Å². The summed E-state index contributed by atoms with van der Waals surface area (Å²) in [7, 11) is 0. The SMILES string of the molecule is Cc1ccc(NC(=O)CC(CO)N2CCN(c3ccc(OC(F)(F)F)cc3)CC2)cc1. The van der Waals surface area contributed by atoms with Gasteiger partial charge in [0.15, 0.2) is 0 Å². The first-order valence-electron chi connectivity index (χ1n) is 10.1. The highest BCUT2D eigenvalue weighted by molar-refractivity contribution is 5.91. The molecule has 1 amide bonds. The molecular weight excluding hydrogens is 411 g/mol. The van der Waals surface area contributed by atoms with Crippen molar-refractivity contribution in [1.29, 1.82) is 0 Å². The molecule has 9 heteroatoms. The number of anilines is 2. The second-order valence-electron chi connectivity index (χ2n) is 7.52. The van der Waals surface area contributed by atoms with E-state index in [1.807, 2.05) is 31.2 Å². The topological polar surface area (TPSA) is 65.0 Å². The van der Waals surface area contributed by atoms with Crippen molar-refractivity contribution in [1.82, 2.24) is 4.90 Å². The van der Waals surface area contributed by atoms with E-state index >= 15 is 0 Å². The maximum absolute atomic E-state index is 12.4. The summed E-state index contributed by atoms with van der Waals surface area (Å²) in [6, 6.07) is 13.0. The number of nitrogens with zero attached hydrogens (tertiary/aromatic N) is 2. The average Bonchev–Trinajstić information content (AvgIpc) is 2.73. The molecule has 1 heterocycles. The summed E-state index contributed by atoms with van der Waals surface area (Å²) >= 11 is 0. The number of ether oxygens (including phenoxy) is 1. The van der Waals surface area contributed by atoms with Crippen molar-refractivity contribution in [3.05, 3.63) is 54.1 Å². The molecule has 1 saturated heterocycles. The van der Waals surface area contributed by atoms with Crippen LogP contribution < -0.4 is 15.0 Å². The zero-order valence-electron chi connectivity index (χ0n) is 17.2. The van der Waals surface area contributed by atoms with Gasteiger partial charge in [-0.15, -0.1) is 13.2 Å². The molecule has 1 aliphatic rings. The van der Waals surface area contributed by atoms with Crippen LogP contribution in [0.15, 0.2) is 48.5 Å². The molecule has 6 nitrogen and oxygen atoms in total. The van der Waals surface area contributed by atoms with Gasteiger partial charge in [0.2, 0.25) is 5.91 Å². The zero-order valence-corrected chi connectivity index (χ0v) is 17.2. The number of aryl methyl sites for hydroxylation is 1. The van der Waals surface area contributed by atoms with E-state index in [2.05, 4.69) is 19.9 Å². The Bertz CT molecular complexity index is 849. The summed E-state index contributed by atoms with van der Waals surface area (Å²) in [5.41, 5.74) is 2.62. The van der Waals surface area contributed by atoms with Crippen molar-refractivity contribution < 1.29 is 27.8 Å². The third-order valence-electron chi connectivity index (χ3n) is 5.23. The lowest BCUT2D eigenvalue weighted by Crippen LogP contribution is -2.52. The average molecular weight is 437 g/mol. The normalized spacial score (nSPS) is 16.1. The number of amides is 1. The van der Waals surface area contributed by atoms with Crippen LogP contribution >= 0.6 is 0 Å². The number of piperazine rings is 1. The Balaban J connectivity index is 1.50. The Hall–Kier alpha value is -2.78. The number of alkyl halides is 3. The van der Waals surface area contributed by atoms with Crippen LogP contribution in [0.5, 0.6) is 5.75 Å². The molecule has 2 aromatic carbocycles. The maximum atomic E-state index is 12.4. The van der Waals surface area contributed by atoms with Crippen molar-refractivity contribution >= 4 is 17.3 Å². The van der Waals surface area contributed by atoms with Gasteiger partial charge in [0.05, 0.1) is 6.61 Å². The second kappa shape index (κ2) is 10.0. The number of nitrogens with one attached hydrogen (secondary N) is 1. The number of hydrogen-bond acceptors (Lipinski definition) is 5. The first-order valence-corrected chi connectivity index (χ1v) is 10.1. The van der Waals surface area contributed by atoms with E-state index in [1.54, 1.807) is 12.1 Å². The number of carbonyl (C=O) groups is 1. The molecule has 1 aliphatic heterocycles. The lowest BCUT2D eigenvalue weighted by Gasteiger charge is -2.39. The highest BCUT2D eigenvalue weighted by Crippen LogP contribution is 2.26. The van der Waals surface area contributed by atoms with E-state index in [0.29, 0.717) is 26.2 Å². The molecule has 0 aromatic heterocycles. The second-order valence-corrected chi connectivity index (χ2v) is 7.52. The predicted molar refractivity (Wildman–Crippen MR) is 112 cm³/mol. The quantitative estimate of drug-likeness (QED) is 0.695. The minimum absolute atomic E-state index is 0.134. The van der Waals surface area contributed by atoms with Gasteiger partial charge >= 0.3 is 6.36 Å². The standard InChI is InChI=1S/C22H26F3N3O3/c1-16-2-4-17(5-3-16)26-21(30)14-19(15-29)28-12-10-27(11-13-28)18-6-8-20(9-7-18)31-22(23,24)25/h2-9,19,29H,10-15H2,1H3,(H,26,30). The zero-order chi connectivity index (χ0) is 22.4. The molecule has 1 fully saturated rings. The lowest BCUT2D eigenvalue weighted by molar-refractivity contribution is -0.274. The van der Waals surface area contributed by atoms with E-state index in [9.17, 15) is 23.1 Å². The minimum Gasteiger partial charge on any atom is -0.406 e. The van der Waals surface area contributed by atoms with Crippen LogP contribution in [0.2, 0.25) is 0 Å². The van der Waals surface area contributed by atoms with Crippen molar-refractivity contribution in [2.45, 2.75) is 25.7 Å². The fourth-order valence-electron chi connectivity index (χ4n) is 3.58. The van der Waals surface area contributed by atoms with Crippen LogP contribution in [-0.4, -0.2) is 61.1 Å². The molecule has 2 aromatic rings. The van der Waals surface area contributed by atoms with Gasteiger partial charge in [-0.3, -0.25) is 9.69 Å². The van der Waals surface area contributed by atoms with Gasteiger partial charge in [-0.05, 0) is 43.3 Å². The number of aliphatic hydroxyl groups is 1. The van der Waals surface area contributed by atoms with Gasteiger partial charge in [0.1, 0.15) is 5.75 Å². The lowest BCUT2D eigenvalue weighted by atomic mass is 10.1. The van der Waals surface area contributed by atoms with Crippen LogP contribution in [0.3, 0.4) is 0 Å². The molecule has 3 rings (SSSR count). The predicted octanol–water partition coefficient (Wildman–Crippen LogP) is 3.41. The Labute approximate surface area is 179 Å². The molecule has 0 saturated carbocycles. The van der Waals surface area contributed by atoms with E-state index in [-0.39, 0.29) is 30.7 Å². The van der Waals surface area contributed by atoms with Gasteiger partial charge in [0.25, 0.3) is 0 Å². The van der Waals surface area contributed by atoms with Crippen LogP contribution in [0.25, 0.3) is 0 Å². The van der Waals surface area contributed by atoms with Gasteiger partial charge < -0.3 is 20.1 Å². The minimum atomic E-state index is -4.71. The van der Waals surface area contributed by atoms with Gasteiger partial charge in [-0.1, -0.05) is 17.7 Å². The fourth-order valence-corrected chi connectivity index (χ4v) is 3.58. The van der Waals surface area contributed by atoms with Crippen LogP contribution in [0.1, 0.15) is 12.0 Å². The highest BCUT2D eigenvalue weighted by atomic mass is 19.4. The largest absolute Gasteiger partial charge is 0.573 e. The Kier molecular flexibility index (Phi) is 7.40. The fraction of sp³-hybridized carbons (Fsp3) is 0.409. The van der Waals surface area contributed by atoms with Crippen molar-refractivity contribution in [2.24, 2.45) is 0 Å². The van der Waals surface area contributed by atoms with Crippen molar-refractivity contribution in [2.75, 3.05) is 43.0 Å². The molecule has 0 aliphatic carbocycles. The van der Waals surface area contributed by atoms with E-state index in [0.717, 1.165) is 16.9 Å². The summed E-state index contributed by atoms with van der Waals surface area (Å²) in [5, 5.41) is 12.6. The summed E-state index contributed by atoms with van der Waals surface area (Å²) < 4.78 is 40.8. The molecule has 168 valence electrons. The van der Waals surface area contributed by atoms with E-state index in [4.69, 9.17) is 0 Å². The van der Waals surface area contributed by atoms with Gasteiger partial charge in [-0.2, -0.15) is 0 Å². The molecule has 0 radical (unpaired) electrons. The Morgan fingerprint density at radius 3 is 2.23 bits per heavy atom. The molecular formula is C22H26F3N3O3. The third-order valence-corrected chi connectivity index (χ3v) is 5.23.